The van der Waals surface area contributed by atoms with E-state index >= 15 is 0 Å². The molecule has 1 aromatic carbocycles. The van der Waals surface area contributed by atoms with Crippen LogP contribution in [0.15, 0.2) is 27.8 Å². The van der Waals surface area contributed by atoms with Crippen LogP contribution in [0.2, 0.25) is 0 Å². The standard InChI is InChI=1S/C13H15N3O4S/c1-7(11(14)17)21-13-16-15-12(20-13)8-4-5-9(18-2)10(6-8)19-3/h4-7H,1-3H3,(H2,14,17)/t7-/m0/s1. The van der Waals surface area contributed by atoms with Crippen molar-refractivity contribution in [3.05, 3.63) is 18.2 Å². The Kier molecular flexibility index (Phi) is 4.69. The van der Waals surface area contributed by atoms with Crippen molar-refractivity contribution in [3.63, 3.8) is 0 Å². The number of aromatic nitrogens is 2. The molecule has 1 atom stereocenters. The number of nitrogens with two attached hydrogens (primary N) is 1. The minimum absolute atomic E-state index is 0.283. The first-order chi connectivity index (χ1) is 10.0. The predicted molar refractivity (Wildman–Crippen MR) is 77.4 cm³/mol. The summed E-state index contributed by atoms with van der Waals surface area (Å²) >= 11 is 1.11. The maximum absolute atomic E-state index is 11.0. The average Bonchev–Trinajstić information content (AvgIpc) is 2.94. The fourth-order valence-electron chi connectivity index (χ4n) is 1.55. The minimum Gasteiger partial charge on any atom is -0.493 e. The van der Waals surface area contributed by atoms with Crippen LogP contribution in [0.3, 0.4) is 0 Å². The van der Waals surface area contributed by atoms with Crippen LogP contribution in [0, 0.1) is 0 Å². The van der Waals surface area contributed by atoms with Crippen molar-refractivity contribution < 1.29 is 18.7 Å². The summed E-state index contributed by atoms with van der Waals surface area (Å²) in [6.07, 6.45) is 0. The van der Waals surface area contributed by atoms with Gasteiger partial charge < -0.3 is 19.6 Å². The highest BCUT2D eigenvalue weighted by Gasteiger charge is 2.17. The molecule has 2 rings (SSSR count). The molecule has 112 valence electrons. The van der Waals surface area contributed by atoms with Crippen molar-refractivity contribution in [2.24, 2.45) is 5.73 Å². The van der Waals surface area contributed by atoms with Crippen molar-refractivity contribution in [1.82, 2.24) is 10.2 Å². The summed E-state index contributed by atoms with van der Waals surface area (Å²) in [7, 11) is 3.11. The molecular weight excluding hydrogens is 294 g/mol. The van der Waals surface area contributed by atoms with E-state index < -0.39 is 11.2 Å². The van der Waals surface area contributed by atoms with Gasteiger partial charge in [0.25, 0.3) is 5.22 Å². The Morgan fingerprint density at radius 1 is 1.29 bits per heavy atom. The molecule has 1 aromatic heterocycles. The van der Waals surface area contributed by atoms with Gasteiger partial charge in [0, 0.05) is 5.56 Å². The molecule has 0 spiro atoms. The van der Waals surface area contributed by atoms with Gasteiger partial charge >= 0.3 is 0 Å². The number of hydrogen-bond donors (Lipinski definition) is 1. The lowest BCUT2D eigenvalue weighted by molar-refractivity contribution is -0.117. The van der Waals surface area contributed by atoms with E-state index in [0.29, 0.717) is 23.0 Å². The molecule has 0 bridgehead atoms. The molecule has 1 heterocycles. The van der Waals surface area contributed by atoms with Gasteiger partial charge in [0.05, 0.1) is 19.5 Å². The first-order valence-electron chi connectivity index (χ1n) is 6.07. The Bertz CT molecular complexity index is 644. The number of primary amides is 1. The van der Waals surface area contributed by atoms with Crippen molar-refractivity contribution in [2.45, 2.75) is 17.4 Å². The number of benzene rings is 1. The van der Waals surface area contributed by atoms with Gasteiger partial charge in [0.15, 0.2) is 11.5 Å². The Hall–Kier alpha value is -2.22. The van der Waals surface area contributed by atoms with Crippen molar-refractivity contribution in [1.29, 1.82) is 0 Å². The zero-order chi connectivity index (χ0) is 15.4. The van der Waals surface area contributed by atoms with Gasteiger partial charge in [-0.3, -0.25) is 4.79 Å². The lowest BCUT2D eigenvalue weighted by Gasteiger charge is -2.07. The number of methoxy groups -OCH3 is 2. The van der Waals surface area contributed by atoms with E-state index in [1.165, 1.54) is 0 Å². The van der Waals surface area contributed by atoms with E-state index in [-0.39, 0.29) is 5.22 Å². The molecule has 0 fully saturated rings. The number of carbonyl (C=O) groups is 1. The molecule has 0 aliphatic carbocycles. The number of carbonyl (C=O) groups excluding carboxylic acids is 1. The summed E-state index contributed by atoms with van der Waals surface area (Å²) in [5, 5.41) is 7.67. The molecule has 0 aliphatic rings. The van der Waals surface area contributed by atoms with Crippen LogP contribution in [0.4, 0.5) is 0 Å². The van der Waals surface area contributed by atoms with Crippen LogP contribution < -0.4 is 15.2 Å². The van der Waals surface area contributed by atoms with Crippen LogP contribution in [0.5, 0.6) is 11.5 Å². The molecule has 21 heavy (non-hydrogen) atoms. The van der Waals surface area contributed by atoms with E-state index in [1.807, 2.05) is 0 Å². The van der Waals surface area contributed by atoms with Crippen molar-refractivity contribution >= 4 is 17.7 Å². The van der Waals surface area contributed by atoms with Gasteiger partial charge in [-0.15, -0.1) is 10.2 Å². The first-order valence-corrected chi connectivity index (χ1v) is 6.95. The SMILES string of the molecule is COc1ccc(-c2nnc(S[C@@H](C)C(N)=O)o2)cc1OC. The zero-order valence-corrected chi connectivity index (χ0v) is 12.6. The molecule has 8 heteroatoms. The third-order valence-electron chi connectivity index (χ3n) is 2.72. The second kappa shape index (κ2) is 6.49. The Balaban J connectivity index is 2.23. The van der Waals surface area contributed by atoms with E-state index in [1.54, 1.807) is 39.3 Å². The van der Waals surface area contributed by atoms with Gasteiger partial charge in [-0.25, -0.2) is 0 Å². The quantitative estimate of drug-likeness (QED) is 0.811. The van der Waals surface area contributed by atoms with Gasteiger partial charge in [-0.1, -0.05) is 11.8 Å². The molecule has 1 amide bonds. The maximum Gasteiger partial charge on any atom is 0.277 e. The Morgan fingerprint density at radius 2 is 2.00 bits per heavy atom. The van der Waals surface area contributed by atoms with E-state index in [0.717, 1.165) is 11.8 Å². The number of thioether (sulfide) groups is 1. The summed E-state index contributed by atoms with van der Waals surface area (Å²) in [6.45, 7) is 1.67. The summed E-state index contributed by atoms with van der Waals surface area (Å²) in [5.41, 5.74) is 5.88. The van der Waals surface area contributed by atoms with Crippen molar-refractivity contribution in [2.75, 3.05) is 14.2 Å². The summed E-state index contributed by atoms with van der Waals surface area (Å²) < 4.78 is 15.9. The van der Waals surface area contributed by atoms with E-state index in [9.17, 15) is 4.79 Å². The highest BCUT2D eigenvalue weighted by atomic mass is 32.2. The molecular formula is C13H15N3O4S. The number of ether oxygens (including phenoxy) is 2. The molecule has 0 aliphatic heterocycles. The molecule has 0 saturated heterocycles. The van der Waals surface area contributed by atoms with Crippen LogP contribution in [-0.2, 0) is 4.79 Å². The molecule has 2 N–H and O–H groups in total. The highest BCUT2D eigenvalue weighted by molar-refractivity contribution is 8.00. The Morgan fingerprint density at radius 3 is 2.62 bits per heavy atom. The van der Waals surface area contributed by atoms with E-state index in [2.05, 4.69) is 10.2 Å². The highest BCUT2D eigenvalue weighted by Crippen LogP contribution is 2.33. The van der Waals surface area contributed by atoms with Crippen molar-refractivity contribution in [3.8, 4) is 23.0 Å². The van der Waals surface area contributed by atoms with Gasteiger partial charge in [-0.2, -0.15) is 0 Å². The second-order valence-corrected chi connectivity index (χ2v) is 5.40. The molecule has 0 radical (unpaired) electrons. The normalized spacial score (nSPS) is 12.0. The van der Waals surface area contributed by atoms with Gasteiger partial charge in [0.1, 0.15) is 0 Å². The van der Waals surface area contributed by atoms with Gasteiger partial charge in [0.2, 0.25) is 11.8 Å². The average molecular weight is 309 g/mol. The third kappa shape index (κ3) is 3.46. The first kappa shape index (κ1) is 15.2. The molecule has 0 unspecified atom stereocenters. The summed E-state index contributed by atoms with van der Waals surface area (Å²) in [4.78, 5) is 11.0. The maximum atomic E-state index is 11.0. The largest absolute Gasteiger partial charge is 0.493 e. The monoisotopic (exact) mass is 309 g/mol. The molecule has 0 saturated carbocycles. The topological polar surface area (TPSA) is 100 Å². The lowest BCUT2D eigenvalue weighted by Crippen LogP contribution is -2.22. The number of rotatable bonds is 6. The Labute approximate surface area is 125 Å². The fourth-order valence-corrected chi connectivity index (χ4v) is 2.19. The fraction of sp³-hybridized carbons (Fsp3) is 0.308. The number of nitrogens with zero attached hydrogens (tertiary/aromatic N) is 2. The van der Waals surface area contributed by atoms with Crippen LogP contribution >= 0.6 is 11.8 Å². The number of amides is 1. The summed E-state index contributed by atoms with van der Waals surface area (Å²) in [6, 6.07) is 5.26. The van der Waals surface area contributed by atoms with E-state index in [4.69, 9.17) is 19.6 Å². The van der Waals surface area contributed by atoms with Crippen LogP contribution in [0.1, 0.15) is 6.92 Å². The number of hydrogen-bond acceptors (Lipinski definition) is 7. The van der Waals surface area contributed by atoms with Crippen LogP contribution in [-0.4, -0.2) is 35.6 Å². The van der Waals surface area contributed by atoms with Gasteiger partial charge in [-0.05, 0) is 25.1 Å². The predicted octanol–water partition coefficient (Wildman–Crippen LogP) is 1.72. The van der Waals surface area contributed by atoms with Crippen LogP contribution in [0.25, 0.3) is 11.5 Å². The second-order valence-electron chi connectivity index (χ2n) is 4.11. The molecule has 7 nitrogen and oxygen atoms in total. The zero-order valence-electron chi connectivity index (χ0n) is 11.8. The third-order valence-corrected chi connectivity index (χ3v) is 3.67. The smallest absolute Gasteiger partial charge is 0.277 e. The summed E-state index contributed by atoms with van der Waals surface area (Å²) in [5.74, 6) is 1.06. The molecule has 2 aromatic rings. The minimum atomic E-state index is -0.441. The lowest BCUT2D eigenvalue weighted by atomic mass is 10.2.